The summed E-state index contributed by atoms with van der Waals surface area (Å²) in [5, 5.41) is 40.1. The first-order valence-corrected chi connectivity index (χ1v) is 19.5. The van der Waals surface area contributed by atoms with E-state index in [2.05, 4.69) is 27.2 Å². The molecule has 7 rings (SSSR count). The predicted molar refractivity (Wildman–Crippen MR) is 211 cm³/mol. The van der Waals surface area contributed by atoms with Crippen LogP contribution in [0.4, 0.5) is 9.41 Å². The molecule has 4 aromatic heterocycles. The zero-order valence-corrected chi connectivity index (χ0v) is 31.7. The highest BCUT2D eigenvalue weighted by atomic mass is 32.1. The van der Waals surface area contributed by atoms with Crippen molar-refractivity contribution in [2.24, 2.45) is 0 Å². The van der Waals surface area contributed by atoms with Gasteiger partial charge in [0.2, 0.25) is 11.2 Å². The molecule has 294 valence electrons. The number of rotatable bonds is 14. The Hall–Kier alpha value is -4.71. The molecule has 12 nitrogen and oxygen atoms in total. The number of aliphatic hydroxyl groups excluding tert-OH is 1. The van der Waals surface area contributed by atoms with Crippen LogP contribution in [0.1, 0.15) is 59.1 Å². The molecule has 1 fully saturated rings. The van der Waals surface area contributed by atoms with Crippen LogP contribution >= 0.6 is 22.7 Å². The lowest BCUT2D eigenvalue weighted by molar-refractivity contribution is -0.169. The van der Waals surface area contributed by atoms with E-state index < -0.39 is 17.7 Å². The van der Waals surface area contributed by atoms with Crippen LogP contribution in [0.3, 0.4) is 0 Å². The summed E-state index contributed by atoms with van der Waals surface area (Å²) in [6.07, 6.45) is 2.85. The van der Waals surface area contributed by atoms with Gasteiger partial charge in [0, 0.05) is 37.1 Å². The largest absolute Gasteiger partial charge is 0.506 e. The Morgan fingerprint density at radius 2 is 1.71 bits per heavy atom. The first kappa shape index (κ1) is 41.5. The summed E-state index contributed by atoms with van der Waals surface area (Å²) >= 11 is 2.68. The lowest BCUT2D eigenvalue weighted by Gasteiger charge is -2.35. The molecule has 0 aliphatic heterocycles. The highest BCUT2D eigenvalue weighted by Gasteiger charge is 2.45. The van der Waals surface area contributed by atoms with Gasteiger partial charge in [0.05, 0.1) is 32.4 Å². The number of benzene rings is 2. The molecule has 4 heterocycles. The Labute approximate surface area is 322 Å². The van der Waals surface area contributed by atoms with Gasteiger partial charge in [0.1, 0.15) is 11.9 Å². The molecule has 6 aromatic rings. The number of halogens is 2. The van der Waals surface area contributed by atoms with Gasteiger partial charge in [-0.2, -0.15) is 0 Å². The van der Waals surface area contributed by atoms with Gasteiger partial charge in [-0.3, -0.25) is 18.8 Å². The zero-order valence-electron chi connectivity index (χ0n) is 30.1. The maximum absolute atomic E-state index is 13.4. The van der Waals surface area contributed by atoms with Crippen molar-refractivity contribution in [1.29, 1.82) is 0 Å². The summed E-state index contributed by atoms with van der Waals surface area (Å²) in [5.41, 5.74) is 1.11. The van der Waals surface area contributed by atoms with Crippen LogP contribution in [0.15, 0.2) is 87.1 Å². The molecule has 0 saturated heterocycles. The van der Waals surface area contributed by atoms with Crippen molar-refractivity contribution in [2.45, 2.75) is 69.0 Å². The number of aromatic amines is 2. The smallest absolute Gasteiger partial charge is 0.349 e. The molecule has 0 amide bonds. The monoisotopic (exact) mass is 797 g/mol. The summed E-state index contributed by atoms with van der Waals surface area (Å²) in [6.45, 7) is 2.07. The first-order valence-electron chi connectivity index (χ1n) is 17.8. The van der Waals surface area contributed by atoms with Crippen molar-refractivity contribution in [2.75, 3.05) is 20.1 Å². The minimum atomic E-state index is -1.80. The Morgan fingerprint density at radius 1 is 1.00 bits per heavy atom. The molecule has 0 radical (unpaired) electrons. The number of ether oxygens (including phenoxy) is 1. The molecule has 55 heavy (non-hydrogen) atoms. The summed E-state index contributed by atoms with van der Waals surface area (Å²) < 4.78 is 7.69. The van der Waals surface area contributed by atoms with Crippen molar-refractivity contribution in [1.82, 2.24) is 24.8 Å². The number of H-pyrrole nitrogens is 2. The van der Waals surface area contributed by atoms with E-state index in [9.17, 15) is 29.7 Å². The number of carbonyl (C=O) groups excluding carboxylic acids is 1. The van der Waals surface area contributed by atoms with Gasteiger partial charge in [0.25, 0.3) is 0 Å². The Bertz CT molecular complexity index is 2270. The number of phenolic OH excluding ortho intramolecular Hbond substituents is 1. The number of fused-ring (bicyclic) bond motifs is 2. The standard InChI is InChI=1S/C39H43N5O7S2.2FH/c1-43(25-8-10-26(11-9-25)51-37(48)39(50,33-5-2-19-52-33)34-6-3-20-53-34)17-4-18-44-30-14-7-24(21-29(30)41-38(44)49)22-40-23-32(46)27-12-15-31(45)36-28(27)13-16-35(47)42-36;;/h2-3,5-7,12-16,19-21,25-26,32,40,45-46,50H,4,8-11,17-18,22-23H2,1H3,(H,41,49)(H,42,47);2*1H/t25?,26?,32-;;/m0../s1. The van der Waals surface area contributed by atoms with Crippen LogP contribution in [-0.2, 0) is 28.2 Å². The van der Waals surface area contributed by atoms with Gasteiger partial charge in [0.15, 0.2) is 0 Å². The predicted octanol–water partition coefficient (Wildman–Crippen LogP) is 5.24. The van der Waals surface area contributed by atoms with Gasteiger partial charge < -0.3 is 40.2 Å². The van der Waals surface area contributed by atoms with E-state index in [4.69, 9.17) is 4.74 Å². The molecule has 16 heteroatoms. The molecular formula is C39H45F2N5O7S2. The molecule has 0 spiro atoms. The number of hydrogen-bond donors (Lipinski definition) is 6. The van der Waals surface area contributed by atoms with E-state index in [0.29, 0.717) is 39.8 Å². The average molecular weight is 798 g/mol. The number of esters is 1. The van der Waals surface area contributed by atoms with Crippen molar-refractivity contribution < 1.29 is 34.3 Å². The quantitative estimate of drug-likeness (QED) is 0.0807. The molecular weight excluding hydrogens is 753 g/mol. The molecule has 6 N–H and O–H groups in total. The van der Waals surface area contributed by atoms with Gasteiger partial charge >= 0.3 is 11.7 Å². The Balaban J connectivity index is 0.00000290. The van der Waals surface area contributed by atoms with Gasteiger partial charge in [-0.25, -0.2) is 9.59 Å². The number of aliphatic hydroxyl groups is 2. The number of aromatic hydroxyl groups is 1. The third-order valence-electron chi connectivity index (χ3n) is 10.3. The maximum atomic E-state index is 13.4. The van der Waals surface area contributed by atoms with Crippen LogP contribution < -0.4 is 16.6 Å². The summed E-state index contributed by atoms with van der Waals surface area (Å²) in [7, 11) is 2.10. The number of phenols is 1. The van der Waals surface area contributed by atoms with Gasteiger partial charge in [-0.15, -0.1) is 22.7 Å². The summed E-state index contributed by atoms with van der Waals surface area (Å²) in [6, 6.07) is 19.4. The summed E-state index contributed by atoms with van der Waals surface area (Å²) in [5.74, 6) is -0.677. The van der Waals surface area contributed by atoms with E-state index in [1.54, 1.807) is 28.8 Å². The van der Waals surface area contributed by atoms with Crippen LogP contribution in [-0.4, -0.2) is 73.0 Å². The molecule has 0 bridgehead atoms. The number of aromatic nitrogens is 3. The molecule has 1 aliphatic carbocycles. The molecule has 1 saturated carbocycles. The minimum Gasteiger partial charge on any atom is -0.506 e. The second-order valence-electron chi connectivity index (χ2n) is 13.7. The van der Waals surface area contributed by atoms with Gasteiger partial charge in [-0.05, 0) is 104 Å². The number of imidazole rings is 1. The van der Waals surface area contributed by atoms with Crippen LogP contribution in [0.2, 0.25) is 0 Å². The van der Waals surface area contributed by atoms with E-state index in [1.807, 2.05) is 41.1 Å². The number of nitrogens with one attached hydrogen (secondary N) is 3. The lowest BCUT2D eigenvalue weighted by Crippen LogP contribution is -2.42. The van der Waals surface area contributed by atoms with E-state index in [1.165, 1.54) is 34.8 Å². The fourth-order valence-electron chi connectivity index (χ4n) is 7.35. The van der Waals surface area contributed by atoms with Crippen LogP contribution in [0.25, 0.3) is 21.9 Å². The fourth-order valence-corrected chi connectivity index (χ4v) is 9.06. The number of aryl methyl sites for hydroxylation is 1. The number of hydrogen-bond acceptors (Lipinski definition) is 11. The number of thiophene rings is 2. The second-order valence-corrected chi connectivity index (χ2v) is 15.6. The third kappa shape index (κ3) is 8.74. The number of carbonyl (C=O) groups is 1. The van der Waals surface area contributed by atoms with E-state index >= 15 is 0 Å². The highest BCUT2D eigenvalue weighted by molar-refractivity contribution is 7.12. The molecule has 1 aliphatic rings. The van der Waals surface area contributed by atoms with Crippen LogP contribution in [0.5, 0.6) is 5.75 Å². The minimum absolute atomic E-state index is 0. The molecule has 0 unspecified atom stereocenters. The van der Waals surface area contributed by atoms with E-state index in [-0.39, 0.29) is 44.6 Å². The second kappa shape index (κ2) is 17.8. The maximum Gasteiger partial charge on any atom is 0.349 e. The molecule has 2 aromatic carbocycles. The lowest BCUT2D eigenvalue weighted by atomic mass is 9.91. The zero-order chi connectivity index (χ0) is 37.1. The number of pyridine rings is 1. The van der Waals surface area contributed by atoms with E-state index in [0.717, 1.165) is 55.2 Å². The third-order valence-corrected chi connectivity index (χ3v) is 12.2. The fraction of sp³-hybridized carbons (Fsp3) is 0.359. The average Bonchev–Trinajstić information content (AvgIpc) is 3.95. The first-order chi connectivity index (χ1) is 25.6. The SMILES string of the molecule is CN(CCCn1c(=O)[nH]c2cc(CNC[C@H](O)c3ccc(O)c4[nH]c(=O)ccc34)ccc21)C1CCC(OC(=O)C(O)(c2cccs2)c2cccs2)CC1.F.F. The normalized spacial score (nSPS) is 16.5. The highest BCUT2D eigenvalue weighted by Crippen LogP contribution is 2.38. The van der Waals surface area contributed by atoms with Crippen LogP contribution in [0, 0.1) is 0 Å². The van der Waals surface area contributed by atoms with Crippen molar-refractivity contribution in [3.63, 3.8) is 0 Å². The van der Waals surface area contributed by atoms with Crippen molar-refractivity contribution >= 4 is 50.6 Å². The van der Waals surface area contributed by atoms with Crippen molar-refractivity contribution in [3.8, 4) is 5.75 Å². The topological polar surface area (TPSA) is 173 Å². The number of nitrogens with zero attached hydrogens (tertiary/aromatic N) is 2. The summed E-state index contributed by atoms with van der Waals surface area (Å²) in [4.78, 5) is 47.1. The Kier molecular flexibility index (Phi) is 13.4. The Morgan fingerprint density at radius 3 is 2.38 bits per heavy atom. The molecule has 1 atom stereocenters. The van der Waals surface area contributed by atoms with Crippen molar-refractivity contribution in [3.05, 3.63) is 119 Å². The van der Waals surface area contributed by atoms with Gasteiger partial charge in [-0.1, -0.05) is 24.3 Å².